The normalized spacial score (nSPS) is 10.5. The van der Waals surface area contributed by atoms with Crippen LogP contribution in [0.15, 0.2) is 35.4 Å². The maximum absolute atomic E-state index is 5.96. The number of hydrogen-bond donors (Lipinski definition) is 1. The minimum absolute atomic E-state index is 0.700. The van der Waals surface area contributed by atoms with E-state index < -0.39 is 0 Å². The maximum atomic E-state index is 5.96. The van der Waals surface area contributed by atoms with E-state index in [4.69, 9.17) is 5.73 Å². The summed E-state index contributed by atoms with van der Waals surface area (Å²) in [5.74, 6) is 0.700. The molecule has 78 valence electrons. The minimum Gasteiger partial charge on any atom is -0.383 e. The Labute approximate surface area is 93.3 Å². The van der Waals surface area contributed by atoms with Crippen molar-refractivity contribution in [1.82, 2.24) is 9.78 Å². The summed E-state index contributed by atoms with van der Waals surface area (Å²) in [5.41, 5.74) is 8.19. The minimum atomic E-state index is 0.700. The molecule has 0 radical (unpaired) electrons. The van der Waals surface area contributed by atoms with Crippen LogP contribution < -0.4 is 5.73 Å². The van der Waals surface area contributed by atoms with Gasteiger partial charge in [-0.3, -0.25) is 0 Å². The van der Waals surface area contributed by atoms with Gasteiger partial charge in [-0.05, 0) is 25.3 Å². The molecule has 0 fully saturated rings. The standard InChI is InChI=1S/C11H13N3S/c1-8-3-5-9(6-4-8)14-11(12)10(15-2)7-13-14/h3-7H,12H2,1-2H3. The molecule has 1 aromatic heterocycles. The van der Waals surface area contributed by atoms with Crippen LogP contribution in [0.4, 0.5) is 5.82 Å². The molecule has 2 rings (SSSR count). The van der Waals surface area contributed by atoms with E-state index in [2.05, 4.69) is 24.2 Å². The van der Waals surface area contributed by atoms with Crippen molar-refractivity contribution in [1.29, 1.82) is 0 Å². The molecule has 0 bridgehead atoms. The second-order valence-electron chi connectivity index (χ2n) is 3.35. The fourth-order valence-corrected chi connectivity index (χ4v) is 1.84. The molecule has 15 heavy (non-hydrogen) atoms. The van der Waals surface area contributed by atoms with Crippen molar-refractivity contribution in [3.05, 3.63) is 36.0 Å². The van der Waals surface area contributed by atoms with Gasteiger partial charge in [0.2, 0.25) is 0 Å². The molecule has 0 amide bonds. The van der Waals surface area contributed by atoms with Gasteiger partial charge in [0.1, 0.15) is 5.82 Å². The highest BCUT2D eigenvalue weighted by Gasteiger charge is 2.07. The summed E-state index contributed by atoms with van der Waals surface area (Å²) in [6.45, 7) is 2.06. The molecule has 3 nitrogen and oxygen atoms in total. The zero-order chi connectivity index (χ0) is 10.8. The van der Waals surface area contributed by atoms with Crippen LogP contribution in [0.2, 0.25) is 0 Å². The lowest BCUT2D eigenvalue weighted by Crippen LogP contribution is -2.01. The largest absolute Gasteiger partial charge is 0.383 e. The summed E-state index contributed by atoms with van der Waals surface area (Å²) in [6, 6.07) is 8.13. The molecule has 4 heteroatoms. The Hall–Kier alpha value is -1.42. The van der Waals surface area contributed by atoms with Gasteiger partial charge in [-0.15, -0.1) is 11.8 Å². The van der Waals surface area contributed by atoms with E-state index in [-0.39, 0.29) is 0 Å². The van der Waals surface area contributed by atoms with Gasteiger partial charge in [-0.25, -0.2) is 4.68 Å². The zero-order valence-electron chi connectivity index (χ0n) is 8.77. The Bertz CT molecular complexity index is 459. The van der Waals surface area contributed by atoms with Crippen LogP contribution >= 0.6 is 11.8 Å². The summed E-state index contributed by atoms with van der Waals surface area (Å²) in [7, 11) is 0. The smallest absolute Gasteiger partial charge is 0.140 e. The summed E-state index contributed by atoms with van der Waals surface area (Å²) in [5, 5.41) is 4.26. The van der Waals surface area contributed by atoms with E-state index in [9.17, 15) is 0 Å². The molecule has 2 aromatic rings. The summed E-state index contributed by atoms with van der Waals surface area (Å²) in [4.78, 5) is 1.01. The summed E-state index contributed by atoms with van der Waals surface area (Å²) in [6.07, 6.45) is 3.78. The van der Waals surface area contributed by atoms with Gasteiger partial charge in [0.15, 0.2) is 0 Å². The number of hydrogen-bond acceptors (Lipinski definition) is 3. The molecule has 0 unspecified atom stereocenters. The number of rotatable bonds is 2. The molecular formula is C11H13N3S. The summed E-state index contributed by atoms with van der Waals surface area (Å²) >= 11 is 1.61. The van der Waals surface area contributed by atoms with E-state index >= 15 is 0 Å². The third-order valence-electron chi connectivity index (χ3n) is 2.27. The SMILES string of the molecule is CSc1cnn(-c2ccc(C)cc2)c1N. The Morgan fingerprint density at radius 3 is 2.47 bits per heavy atom. The van der Waals surface area contributed by atoms with E-state index in [1.807, 2.05) is 18.4 Å². The molecule has 0 aliphatic heterocycles. The van der Waals surface area contributed by atoms with Gasteiger partial charge in [0.25, 0.3) is 0 Å². The maximum Gasteiger partial charge on any atom is 0.140 e. The van der Waals surface area contributed by atoms with Gasteiger partial charge in [0.05, 0.1) is 16.8 Å². The molecule has 1 aromatic carbocycles. The third kappa shape index (κ3) is 1.85. The lowest BCUT2D eigenvalue weighted by atomic mass is 10.2. The lowest BCUT2D eigenvalue weighted by molar-refractivity contribution is 0.890. The second kappa shape index (κ2) is 3.98. The van der Waals surface area contributed by atoms with Gasteiger partial charge in [0, 0.05) is 0 Å². The predicted octanol–water partition coefficient (Wildman–Crippen LogP) is 2.48. The highest BCUT2D eigenvalue weighted by Crippen LogP contribution is 2.24. The lowest BCUT2D eigenvalue weighted by Gasteiger charge is -2.04. The first-order valence-corrected chi connectivity index (χ1v) is 5.89. The Kier molecular flexibility index (Phi) is 2.68. The summed E-state index contributed by atoms with van der Waals surface area (Å²) < 4.78 is 1.76. The van der Waals surface area contributed by atoms with Crippen LogP contribution in [0.25, 0.3) is 5.69 Å². The number of nitrogens with zero attached hydrogens (tertiary/aromatic N) is 2. The van der Waals surface area contributed by atoms with Crippen LogP contribution in [0.5, 0.6) is 0 Å². The molecule has 0 atom stereocenters. The zero-order valence-corrected chi connectivity index (χ0v) is 9.58. The quantitative estimate of drug-likeness (QED) is 0.789. The van der Waals surface area contributed by atoms with Crippen LogP contribution in [0.1, 0.15) is 5.56 Å². The van der Waals surface area contributed by atoms with Gasteiger partial charge in [-0.2, -0.15) is 5.10 Å². The first kappa shape index (κ1) is 10.1. The third-order valence-corrected chi connectivity index (χ3v) is 3.02. The van der Waals surface area contributed by atoms with Crippen LogP contribution in [0.3, 0.4) is 0 Å². The van der Waals surface area contributed by atoms with Crippen molar-refractivity contribution in [2.45, 2.75) is 11.8 Å². The number of nitrogen functional groups attached to an aromatic ring is 1. The number of aryl methyl sites for hydroxylation is 1. The first-order chi connectivity index (χ1) is 7.22. The van der Waals surface area contributed by atoms with Gasteiger partial charge in [-0.1, -0.05) is 17.7 Å². The van der Waals surface area contributed by atoms with Crippen molar-refractivity contribution in [2.75, 3.05) is 12.0 Å². The van der Waals surface area contributed by atoms with Crippen LogP contribution in [-0.2, 0) is 0 Å². The molecule has 0 saturated heterocycles. The van der Waals surface area contributed by atoms with Gasteiger partial charge >= 0.3 is 0 Å². The average Bonchev–Trinajstić information content (AvgIpc) is 2.61. The molecule has 0 saturated carbocycles. The Balaban J connectivity index is 2.45. The number of thioether (sulfide) groups is 1. The number of anilines is 1. The number of benzene rings is 1. The van der Waals surface area contributed by atoms with Crippen molar-refractivity contribution in [3.8, 4) is 5.69 Å². The second-order valence-corrected chi connectivity index (χ2v) is 4.19. The molecule has 0 aliphatic rings. The molecule has 0 aliphatic carbocycles. The van der Waals surface area contributed by atoms with E-state index in [1.165, 1.54) is 5.56 Å². The monoisotopic (exact) mass is 219 g/mol. The van der Waals surface area contributed by atoms with Crippen molar-refractivity contribution in [2.24, 2.45) is 0 Å². The van der Waals surface area contributed by atoms with Crippen molar-refractivity contribution in [3.63, 3.8) is 0 Å². The van der Waals surface area contributed by atoms with Crippen molar-refractivity contribution < 1.29 is 0 Å². The Morgan fingerprint density at radius 1 is 1.27 bits per heavy atom. The molecule has 1 heterocycles. The van der Waals surface area contributed by atoms with Crippen LogP contribution in [-0.4, -0.2) is 16.0 Å². The van der Waals surface area contributed by atoms with Gasteiger partial charge < -0.3 is 5.73 Å². The molecular weight excluding hydrogens is 206 g/mol. The number of nitrogens with two attached hydrogens (primary N) is 1. The highest BCUT2D eigenvalue weighted by molar-refractivity contribution is 7.98. The first-order valence-electron chi connectivity index (χ1n) is 4.67. The van der Waals surface area contributed by atoms with Crippen LogP contribution in [0, 0.1) is 6.92 Å². The average molecular weight is 219 g/mol. The Morgan fingerprint density at radius 2 is 1.93 bits per heavy atom. The number of aromatic nitrogens is 2. The van der Waals surface area contributed by atoms with E-state index in [0.717, 1.165) is 10.6 Å². The fraction of sp³-hybridized carbons (Fsp3) is 0.182. The molecule has 2 N–H and O–H groups in total. The topological polar surface area (TPSA) is 43.8 Å². The van der Waals surface area contributed by atoms with E-state index in [1.54, 1.807) is 22.6 Å². The van der Waals surface area contributed by atoms with Crippen molar-refractivity contribution >= 4 is 17.6 Å². The predicted molar refractivity (Wildman–Crippen MR) is 64.5 cm³/mol. The highest BCUT2D eigenvalue weighted by atomic mass is 32.2. The molecule has 0 spiro atoms. The fourth-order valence-electron chi connectivity index (χ4n) is 1.39. The van der Waals surface area contributed by atoms with E-state index in [0.29, 0.717) is 5.82 Å².